The lowest BCUT2D eigenvalue weighted by Gasteiger charge is -2.28. The van der Waals surface area contributed by atoms with Crippen LogP contribution in [0, 0.1) is 5.92 Å². The highest BCUT2D eigenvalue weighted by Gasteiger charge is 2.45. The fourth-order valence-electron chi connectivity index (χ4n) is 4.75. The number of anilines is 1. The number of carbonyl (C=O) groups is 5. The molecule has 4 unspecified atom stereocenters. The minimum absolute atomic E-state index is 0.109. The molecule has 1 aliphatic rings. The predicted octanol–water partition coefficient (Wildman–Crippen LogP) is 2.49. The summed E-state index contributed by atoms with van der Waals surface area (Å²) in [5, 5.41) is 14.3. The summed E-state index contributed by atoms with van der Waals surface area (Å²) >= 11 is 0. The summed E-state index contributed by atoms with van der Waals surface area (Å²) in [4.78, 5) is 67.0. The van der Waals surface area contributed by atoms with E-state index in [2.05, 4.69) is 31.6 Å². The maximum atomic E-state index is 13.7. The molecule has 5 amide bonds. The average Bonchev–Trinajstić information content (AvgIpc) is 3.82. The van der Waals surface area contributed by atoms with Crippen molar-refractivity contribution in [1.29, 1.82) is 0 Å². The van der Waals surface area contributed by atoms with E-state index in [0.717, 1.165) is 18.4 Å². The summed E-state index contributed by atoms with van der Waals surface area (Å²) in [5.74, 6) is -1.36. The molecule has 2 heterocycles. The Morgan fingerprint density at radius 1 is 0.979 bits per heavy atom. The van der Waals surface area contributed by atoms with E-state index in [1.54, 1.807) is 36.4 Å². The van der Waals surface area contributed by atoms with Crippen molar-refractivity contribution in [3.63, 3.8) is 0 Å². The van der Waals surface area contributed by atoms with E-state index in [4.69, 9.17) is 15.2 Å². The van der Waals surface area contributed by atoms with Gasteiger partial charge in [-0.1, -0.05) is 52.2 Å². The van der Waals surface area contributed by atoms with Gasteiger partial charge in [0.1, 0.15) is 23.5 Å². The van der Waals surface area contributed by atoms with Crippen molar-refractivity contribution >= 4 is 35.4 Å². The minimum Gasteiger partial charge on any atom is -0.457 e. The predicted molar refractivity (Wildman–Crippen MR) is 175 cm³/mol. The number of amides is 5. The van der Waals surface area contributed by atoms with Crippen molar-refractivity contribution in [3.05, 3.63) is 54.4 Å². The average molecular weight is 654 g/mol. The third-order valence-corrected chi connectivity index (χ3v) is 7.92. The zero-order valence-corrected chi connectivity index (χ0v) is 27.3. The molecule has 4 atom stereocenters. The maximum absolute atomic E-state index is 13.7. The van der Waals surface area contributed by atoms with Gasteiger partial charge in [-0.15, -0.1) is 0 Å². The van der Waals surface area contributed by atoms with Crippen molar-refractivity contribution < 1.29 is 33.4 Å². The number of hydrogen-bond acceptors (Lipinski definition) is 9. The SMILES string of the molecule is CCCCCC(=O)NC(Cc1ccc(OCOC(=O)Nc2ccncc2)cc1)C(=O)NC(C(=O)NC1(CCC(N)=O)CN1)C(C)CC. The number of rotatable bonds is 20. The number of carbonyl (C=O) groups excluding carboxylic acids is 5. The van der Waals surface area contributed by atoms with Crippen LogP contribution < -0.4 is 37.1 Å². The van der Waals surface area contributed by atoms with Crippen molar-refractivity contribution in [3.8, 4) is 5.75 Å². The lowest BCUT2D eigenvalue weighted by atomic mass is 9.96. The highest BCUT2D eigenvalue weighted by Crippen LogP contribution is 2.21. The Bertz CT molecular complexity index is 1340. The molecule has 14 nitrogen and oxygen atoms in total. The first kappa shape index (κ1) is 36.7. The number of primary amides is 1. The van der Waals surface area contributed by atoms with Gasteiger partial charge in [0, 0.05) is 43.9 Å². The lowest BCUT2D eigenvalue weighted by molar-refractivity contribution is -0.133. The first-order valence-corrected chi connectivity index (χ1v) is 16.0. The Balaban J connectivity index is 1.63. The van der Waals surface area contributed by atoms with E-state index < -0.39 is 35.7 Å². The number of aromatic nitrogens is 1. The minimum atomic E-state index is -0.946. The van der Waals surface area contributed by atoms with Crippen LogP contribution in [0.25, 0.3) is 0 Å². The molecule has 7 N–H and O–H groups in total. The van der Waals surface area contributed by atoms with Crippen LogP contribution in [0.15, 0.2) is 48.8 Å². The number of nitrogens with one attached hydrogen (secondary N) is 5. The Kier molecular flexibility index (Phi) is 14.4. The van der Waals surface area contributed by atoms with Gasteiger partial charge in [-0.3, -0.25) is 34.8 Å². The Morgan fingerprint density at radius 3 is 2.30 bits per heavy atom. The van der Waals surface area contributed by atoms with Gasteiger partial charge in [0.15, 0.2) is 0 Å². The number of nitrogens with zero attached hydrogens (tertiary/aromatic N) is 1. The van der Waals surface area contributed by atoms with Gasteiger partial charge in [0.25, 0.3) is 0 Å². The maximum Gasteiger partial charge on any atom is 0.414 e. The summed E-state index contributed by atoms with van der Waals surface area (Å²) in [7, 11) is 0. The molecule has 3 rings (SSSR count). The van der Waals surface area contributed by atoms with E-state index in [9.17, 15) is 24.0 Å². The Hall–Kier alpha value is -4.72. The Morgan fingerprint density at radius 2 is 1.68 bits per heavy atom. The van der Waals surface area contributed by atoms with Crippen LogP contribution in [-0.2, 0) is 30.3 Å². The third kappa shape index (κ3) is 12.9. The van der Waals surface area contributed by atoms with Gasteiger partial charge in [-0.25, -0.2) is 4.79 Å². The van der Waals surface area contributed by atoms with E-state index in [-0.39, 0.29) is 43.8 Å². The van der Waals surface area contributed by atoms with Crippen molar-refractivity contribution in [1.82, 2.24) is 26.3 Å². The van der Waals surface area contributed by atoms with Gasteiger partial charge in [0.2, 0.25) is 30.4 Å². The van der Waals surface area contributed by atoms with Crippen molar-refractivity contribution in [2.45, 2.75) is 89.9 Å². The summed E-state index contributed by atoms with van der Waals surface area (Å²) in [6.07, 6.45) is 6.45. The largest absolute Gasteiger partial charge is 0.457 e. The highest BCUT2D eigenvalue weighted by atomic mass is 16.7. The second-order valence-electron chi connectivity index (χ2n) is 11.7. The van der Waals surface area contributed by atoms with E-state index >= 15 is 0 Å². The zero-order valence-electron chi connectivity index (χ0n) is 27.3. The van der Waals surface area contributed by atoms with Gasteiger partial charge < -0.3 is 31.2 Å². The van der Waals surface area contributed by atoms with Gasteiger partial charge in [0.05, 0.1) is 0 Å². The standard InChI is InChI=1S/C33H47N7O7/c1-4-6-7-8-28(42)38-26(30(43)39-29(22(3)5-2)31(44)40-33(20-36-33)16-13-27(34)41)19-23-9-11-25(12-10-23)46-21-47-32(45)37-24-14-17-35-18-15-24/h9-12,14-15,17-18,22,26,29,36H,4-8,13,16,19-21H2,1-3H3,(H2,34,41)(H,38,42)(H,39,43)(H,40,44)(H,35,37,45). The normalized spacial score (nSPS) is 16.9. The number of benzene rings is 1. The smallest absolute Gasteiger partial charge is 0.414 e. The van der Waals surface area contributed by atoms with Crippen LogP contribution in [-0.4, -0.2) is 65.8 Å². The van der Waals surface area contributed by atoms with Crippen molar-refractivity contribution in [2.75, 3.05) is 18.7 Å². The molecular weight excluding hydrogens is 606 g/mol. The van der Waals surface area contributed by atoms with Crippen molar-refractivity contribution in [2.24, 2.45) is 11.7 Å². The number of unbranched alkanes of at least 4 members (excludes halogenated alkanes) is 2. The van der Waals surface area contributed by atoms with E-state index in [1.165, 1.54) is 12.4 Å². The second kappa shape index (κ2) is 18.4. The van der Waals surface area contributed by atoms with Crippen LogP contribution in [0.3, 0.4) is 0 Å². The molecule has 2 aromatic rings. The van der Waals surface area contributed by atoms with Gasteiger partial charge >= 0.3 is 6.09 Å². The molecule has 0 radical (unpaired) electrons. The van der Waals surface area contributed by atoms with Crippen LogP contribution >= 0.6 is 0 Å². The lowest BCUT2D eigenvalue weighted by Crippen LogP contribution is -2.58. The molecule has 14 heteroatoms. The summed E-state index contributed by atoms with van der Waals surface area (Å²) in [5.41, 5.74) is 5.83. The number of ether oxygens (including phenoxy) is 2. The quantitative estimate of drug-likeness (QED) is 0.0703. The van der Waals surface area contributed by atoms with E-state index in [0.29, 0.717) is 37.2 Å². The molecule has 1 aromatic carbocycles. The molecule has 47 heavy (non-hydrogen) atoms. The molecule has 0 spiro atoms. The summed E-state index contributed by atoms with van der Waals surface area (Å²) in [6, 6.07) is 8.26. The molecule has 0 aliphatic carbocycles. The number of nitrogens with two attached hydrogens (primary N) is 1. The van der Waals surface area contributed by atoms with Crippen LogP contribution in [0.5, 0.6) is 5.75 Å². The van der Waals surface area contributed by atoms with E-state index in [1.807, 2.05) is 20.8 Å². The first-order valence-electron chi connectivity index (χ1n) is 16.0. The first-order chi connectivity index (χ1) is 22.5. The molecule has 1 fully saturated rings. The zero-order chi connectivity index (χ0) is 34.2. The number of hydrogen-bond donors (Lipinski definition) is 6. The monoisotopic (exact) mass is 653 g/mol. The molecule has 0 saturated carbocycles. The molecule has 256 valence electrons. The molecule has 1 aliphatic heterocycles. The second-order valence-corrected chi connectivity index (χ2v) is 11.7. The summed E-state index contributed by atoms with van der Waals surface area (Å²) in [6.45, 7) is 6.00. The van der Waals surface area contributed by atoms with Gasteiger partial charge in [-0.05, 0) is 48.6 Å². The third-order valence-electron chi connectivity index (χ3n) is 7.92. The fraction of sp³-hybridized carbons (Fsp3) is 0.515. The molecular formula is C33H47N7O7. The topological polar surface area (TPSA) is 213 Å². The molecule has 0 bridgehead atoms. The van der Waals surface area contributed by atoms with Crippen LogP contribution in [0.4, 0.5) is 10.5 Å². The molecule has 1 saturated heterocycles. The number of pyridine rings is 1. The fourth-order valence-corrected chi connectivity index (χ4v) is 4.75. The van der Waals surface area contributed by atoms with Crippen LogP contribution in [0.2, 0.25) is 0 Å². The summed E-state index contributed by atoms with van der Waals surface area (Å²) < 4.78 is 10.6. The Labute approximate surface area is 275 Å². The van der Waals surface area contributed by atoms with Crippen LogP contribution in [0.1, 0.15) is 71.3 Å². The highest BCUT2D eigenvalue weighted by molar-refractivity contribution is 5.92. The molecule has 1 aromatic heterocycles. The van der Waals surface area contributed by atoms with Gasteiger partial charge in [-0.2, -0.15) is 0 Å².